The van der Waals surface area contributed by atoms with E-state index in [1.54, 1.807) is 19.1 Å². The van der Waals surface area contributed by atoms with Crippen LogP contribution in [0.2, 0.25) is 0 Å². The van der Waals surface area contributed by atoms with Crippen LogP contribution in [0.1, 0.15) is 39.3 Å². The first-order valence-corrected chi connectivity index (χ1v) is 14.7. The maximum atomic E-state index is 12.9. The summed E-state index contributed by atoms with van der Waals surface area (Å²) in [5.41, 5.74) is 0.954. The smallest absolute Gasteiger partial charge is 0.416 e. The van der Waals surface area contributed by atoms with Crippen LogP contribution in [-0.2, 0) is 22.6 Å². The lowest BCUT2D eigenvalue weighted by molar-refractivity contribution is -0.137. The number of rotatable bonds is 10. The molecule has 0 aliphatic heterocycles. The Morgan fingerprint density at radius 3 is 2.17 bits per heavy atom. The van der Waals surface area contributed by atoms with E-state index in [0.717, 1.165) is 23.5 Å². The molecule has 0 spiro atoms. The first-order valence-electron chi connectivity index (χ1n) is 12.3. The number of nitrogens with zero attached hydrogens (tertiary/aromatic N) is 1. The van der Waals surface area contributed by atoms with Gasteiger partial charge >= 0.3 is 6.18 Å². The SMILES string of the molecule is CCS(=O)(=O)c1ccc([C@H](CO)NC(=O)c2ccc(-c3nc(Oc4ccc(C(F)(F)F)cc4)sc3CO)cc2)cc1. The molecule has 0 unspecified atom stereocenters. The molecule has 4 rings (SSSR count). The zero-order chi connectivity index (χ0) is 29.8. The molecule has 3 aromatic carbocycles. The lowest BCUT2D eigenvalue weighted by atomic mass is 10.1. The van der Waals surface area contributed by atoms with E-state index < -0.39 is 40.1 Å². The van der Waals surface area contributed by atoms with Gasteiger partial charge in [-0.25, -0.2) is 13.4 Å². The lowest BCUT2D eigenvalue weighted by Gasteiger charge is -2.17. The standard InChI is InChI=1S/C28H25F3N2O6S2/c1-2-41(37,38)22-13-7-17(8-14-22)23(15-34)32-26(36)19-5-3-18(4-6-19)25-24(16-35)40-27(33-25)39-21-11-9-20(10-12-21)28(29,30)31/h3-14,23,34-35H,2,15-16H2,1H3,(H,32,36)/t23-/m0/s1. The number of carbonyl (C=O) groups excluding carboxylic acids is 1. The number of ether oxygens (including phenoxy) is 1. The zero-order valence-corrected chi connectivity index (χ0v) is 23.2. The van der Waals surface area contributed by atoms with Crippen molar-refractivity contribution >= 4 is 27.1 Å². The molecular weight excluding hydrogens is 581 g/mol. The molecule has 1 heterocycles. The Kier molecular flexibility index (Phi) is 9.12. The van der Waals surface area contributed by atoms with E-state index in [1.807, 2.05) is 0 Å². The predicted octanol–water partition coefficient (Wildman–Crippen LogP) is 5.37. The number of amides is 1. The molecule has 1 atom stereocenters. The van der Waals surface area contributed by atoms with E-state index >= 15 is 0 Å². The normalized spacial score (nSPS) is 12.6. The molecule has 1 aromatic heterocycles. The minimum absolute atomic E-state index is 0.0449. The van der Waals surface area contributed by atoms with Crippen molar-refractivity contribution in [3.63, 3.8) is 0 Å². The summed E-state index contributed by atoms with van der Waals surface area (Å²) < 4.78 is 68.1. The summed E-state index contributed by atoms with van der Waals surface area (Å²) in [5, 5.41) is 22.5. The highest BCUT2D eigenvalue weighted by molar-refractivity contribution is 7.91. The molecule has 0 fully saturated rings. The fourth-order valence-corrected chi connectivity index (χ4v) is 5.54. The summed E-state index contributed by atoms with van der Waals surface area (Å²) in [5.74, 6) is -0.376. The number of hydrogen-bond acceptors (Lipinski definition) is 8. The number of benzene rings is 3. The van der Waals surface area contributed by atoms with Gasteiger partial charge in [-0.05, 0) is 54.1 Å². The summed E-state index contributed by atoms with van der Waals surface area (Å²) >= 11 is 1.03. The van der Waals surface area contributed by atoms with Crippen LogP contribution in [0.5, 0.6) is 10.9 Å². The number of alkyl halides is 3. The van der Waals surface area contributed by atoms with E-state index in [0.29, 0.717) is 21.7 Å². The summed E-state index contributed by atoms with van der Waals surface area (Å²) in [4.78, 5) is 17.8. The van der Waals surface area contributed by atoms with Crippen LogP contribution >= 0.6 is 11.3 Å². The molecule has 0 aliphatic carbocycles. The third-order valence-electron chi connectivity index (χ3n) is 6.14. The minimum Gasteiger partial charge on any atom is -0.431 e. The third-order valence-corrected chi connectivity index (χ3v) is 8.81. The third kappa shape index (κ3) is 7.11. The van der Waals surface area contributed by atoms with Gasteiger partial charge in [-0.2, -0.15) is 13.2 Å². The number of halogens is 3. The van der Waals surface area contributed by atoms with Crippen LogP contribution in [0.25, 0.3) is 11.3 Å². The van der Waals surface area contributed by atoms with Crippen LogP contribution < -0.4 is 10.1 Å². The van der Waals surface area contributed by atoms with Crippen molar-refractivity contribution in [3.05, 3.63) is 94.4 Å². The van der Waals surface area contributed by atoms with Gasteiger partial charge in [0.2, 0.25) is 0 Å². The minimum atomic E-state index is -4.47. The van der Waals surface area contributed by atoms with Crippen molar-refractivity contribution in [3.8, 4) is 22.2 Å². The second-order valence-electron chi connectivity index (χ2n) is 8.79. The molecule has 0 radical (unpaired) electrons. The van der Waals surface area contributed by atoms with Crippen molar-refractivity contribution < 1.29 is 41.3 Å². The molecule has 1 amide bonds. The van der Waals surface area contributed by atoms with Gasteiger partial charge < -0.3 is 20.3 Å². The molecule has 13 heteroatoms. The molecule has 4 aromatic rings. The Morgan fingerprint density at radius 2 is 1.63 bits per heavy atom. The molecule has 41 heavy (non-hydrogen) atoms. The molecular formula is C28H25F3N2O6S2. The quantitative estimate of drug-likeness (QED) is 0.222. The van der Waals surface area contributed by atoms with E-state index in [2.05, 4.69) is 10.3 Å². The highest BCUT2D eigenvalue weighted by Gasteiger charge is 2.30. The molecule has 0 saturated heterocycles. The van der Waals surface area contributed by atoms with E-state index in [9.17, 15) is 36.6 Å². The molecule has 0 saturated carbocycles. The largest absolute Gasteiger partial charge is 0.431 e. The zero-order valence-electron chi connectivity index (χ0n) is 21.6. The number of thiazole rings is 1. The number of carbonyl (C=O) groups is 1. The van der Waals surface area contributed by atoms with Gasteiger partial charge in [0.1, 0.15) is 5.75 Å². The number of sulfone groups is 1. The number of aliphatic hydroxyl groups excluding tert-OH is 2. The van der Waals surface area contributed by atoms with Gasteiger partial charge in [-0.15, -0.1) is 0 Å². The summed E-state index contributed by atoms with van der Waals surface area (Å²) in [6.45, 7) is 0.770. The van der Waals surface area contributed by atoms with Crippen molar-refractivity contribution in [1.82, 2.24) is 10.3 Å². The van der Waals surface area contributed by atoms with Crippen molar-refractivity contribution in [2.24, 2.45) is 0 Å². The van der Waals surface area contributed by atoms with Crippen LogP contribution in [0.3, 0.4) is 0 Å². The maximum Gasteiger partial charge on any atom is 0.416 e. The summed E-state index contributed by atoms with van der Waals surface area (Å²) in [7, 11) is -3.38. The highest BCUT2D eigenvalue weighted by atomic mass is 32.2. The monoisotopic (exact) mass is 606 g/mol. The van der Waals surface area contributed by atoms with Gasteiger partial charge in [-0.1, -0.05) is 42.5 Å². The Balaban J connectivity index is 1.46. The molecule has 0 aliphatic rings. The maximum absolute atomic E-state index is 12.9. The number of hydrogen-bond donors (Lipinski definition) is 3. The van der Waals surface area contributed by atoms with E-state index in [1.165, 1.54) is 48.5 Å². The number of aliphatic hydroxyl groups is 2. The van der Waals surface area contributed by atoms with E-state index in [-0.39, 0.29) is 33.8 Å². The van der Waals surface area contributed by atoms with E-state index in [4.69, 9.17) is 4.74 Å². The van der Waals surface area contributed by atoms with Crippen molar-refractivity contribution in [2.45, 2.75) is 30.6 Å². The van der Waals surface area contributed by atoms with Crippen LogP contribution in [0.4, 0.5) is 13.2 Å². The second kappa shape index (κ2) is 12.4. The van der Waals surface area contributed by atoms with Gasteiger partial charge in [0.25, 0.3) is 11.1 Å². The molecule has 3 N–H and O–H groups in total. The number of aromatic nitrogens is 1. The highest BCUT2D eigenvalue weighted by Crippen LogP contribution is 2.36. The van der Waals surface area contributed by atoms with Gasteiger partial charge in [0.05, 0.1) is 46.0 Å². The Bertz CT molecular complexity index is 1600. The van der Waals surface area contributed by atoms with Crippen molar-refractivity contribution in [2.75, 3.05) is 12.4 Å². The van der Waals surface area contributed by atoms with Gasteiger partial charge in [0, 0.05) is 11.1 Å². The Morgan fingerprint density at radius 1 is 1.00 bits per heavy atom. The average molecular weight is 607 g/mol. The van der Waals surface area contributed by atoms with Crippen LogP contribution in [0, 0.1) is 0 Å². The number of nitrogens with one attached hydrogen (secondary N) is 1. The molecule has 216 valence electrons. The van der Waals surface area contributed by atoms with Crippen LogP contribution in [-0.4, -0.2) is 41.9 Å². The van der Waals surface area contributed by atoms with Gasteiger partial charge in [-0.3, -0.25) is 4.79 Å². The Hall–Kier alpha value is -3.78. The first-order chi connectivity index (χ1) is 19.4. The first kappa shape index (κ1) is 30.2. The fraction of sp³-hybridized carbons (Fsp3) is 0.214. The fourth-order valence-electron chi connectivity index (χ4n) is 3.85. The average Bonchev–Trinajstić information content (AvgIpc) is 3.38. The molecule has 0 bridgehead atoms. The predicted molar refractivity (Wildman–Crippen MR) is 146 cm³/mol. The second-order valence-corrected chi connectivity index (χ2v) is 12.1. The topological polar surface area (TPSA) is 126 Å². The van der Waals surface area contributed by atoms with Gasteiger partial charge in [0.15, 0.2) is 9.84 Å². The van der Waals surface area contributed by atoms with Crippen LogP contribution in [0.15, 0.2) is 77.7 Å². The Labute approximate surface area is 238 Å². The van der Waals surface area contributed by atoms with Crippen molar-refractivity contribution in [1.29, 1.82) is 0 Å². The lowest BCUT2D eigenvalue weighted by Crippen LogP contribution is -2.30. The summed E-state index contributed by atoms with van der Waals surface area (Å²) in [6.07, 6.45) is -4.47. The molecule has 8 nitrogen and oxygen atoms in total. The summed E-state index contributed by atoms with van der Waals surface area (Å²) in [6, 6.07) is 15.6.